The van der Waals surface area contributed by atoms with E-state index in [1.807, 2.05) is 6.92 Å². The monoisotopic (exact) mass is 312 g/mol. The van der Waals surface area contributed by atoms with Crippen LogP contribution in [0.1, 0.15) is 18.4 Å². The van der Waals surface area contributed by atoms with Crippen molar-refractivity contribution in [1.29, 1.82) is 0 Å². The second-order valence-electron chi connectivity index (χ2n) is 5.64. The summed E-state index contributed by atoms with van der Waals surface area (Å²) in [6.45, 7) is 2.62. The number of aryl methyl sites for hydroxylation is 1. The third-order valence-corrected chi connectivity index (χ3v) is 6.03. The van der Waals surface area contributed by atoms with E-state index in [1.165, 1.54) is 17.5 Å². The van der Waals surface area contributed by atoms with Crippen LogP contribution in [0.3, 0.4) is 0 Å². The summed E-state index contributed by atoms with van der Waals surface area (Å²) < 4.78 is 38.2. The largest absolute Gasteiger partial charge is 0.495 e. The number of nitrogen functional groups attached to an aromatic ring is 1. The Balaban J connectivity index is 2.00. The van der Waals surface area contributed by atoms with Crippen molar-refractivity contribution in [3.63, 3.8) is 0 Å². The molecule has 2 fully saturated rings. The summed E-state index contributed by atoms with van der Waals surface area (Å²) >= 11 is 0. The Labute approximate surface area is 124 Å². The van der Waals surface area contributed by atoms with Gasteiger partial charge in [-0.2, -0.15) is 4.31 Å². The second-order valence-corrected chi connectivity index (χ2v) is 7.55. The Hall–Kier alpha value is -1.31. The SMILES string of the molecule is COc1cc(C)c(N)cc1S(=O)(=O)N1CC2CCC(C1)O2. The van der Waals surface area contributed by atoms with E-state index in [9.17, 15) is 8.42 Å². The van der Waals surface area contributed by atoms with E-state index in [-0.39, 0.29) is 17.1 Å². The van der Waals surface area contributed by atoms with Crippen molar-refractivity contribution in [2.75, 3.05) is 25.9 Å². The molecule has 0 aromatic heterocycles. The summed E-state index contributed by atoms with van der Waals surface area (Å²) in [5, 5.41) is 0. The number of benzene rings is 1. The zero-order valence-electron chi connectivity index (χ0n) is 12.2. The van der Waals surface area contributed by atoms with Crippen LogP contribution in [0.25, 0.3) is 0 Å². The van der Waals surface area contributed by atoms with Crippen molar-refractivity contribution < 1.29 is 17.9 Å². The number of morpholine rings is 1. The summed E-state index contributed by atoms with van der Waals surface area (Å²) in [5.74, 6) is 0.334. The summed E-state index contributed by atoms with van der Waals surface area (Å²) in [6.07, 6.45) is 1.85. The minimum Gasteiger partial charge on any atom is -0.495 e. The van der Waals surface area contributed by atoms with Crippen molar-refractivity contribution in [2.45, 2.75) is 36.9 Å². The van der Waals surface area contributed by atoms with Crippen molar-refractivity contribution in [1.82, 2.24) is 4.31 Å². The number of hydrogen-bond donors (Lipinski definition) is 1. The first kappa shape index (κ1) is 14.6. The topological polar surface area (TPSA) is 81.9 Å². The van der Waals surface area contributed by atoms with Crippen molar-refractivity contribution in [3.05, 3.63) is 17.7 Å². The summed E-state index contributed by atoms with van der Waals surface area (Å²) in [5.41, 5.74) is 7.12. The molecule has 1 aromatic rings. The van der Waals surface area contributed by atoms with E-state index in [2.05, 4.69) is 0 Å². The fourth-order valence-corrected chi connectivity index (χ4v) is 4.63. The van der Waals surface area contributed by atoms with Gasteiger partial charge in [0.2, 0.25) is 10.0 Å². The van der Waals surface area contributed by atoms with Gasteiger partial charge in [-0.15, -0.1) is 0 Å². The lowest BCUT2D eigenvalue weighted by atomic mass is 10.2. The van der Waals surface area contributed by atoms with Crippen LogP contribution in [0.5, 0.6) is 5.75 Å². The normalized spacial score (nSPS) is 26.0. The zero-order chi connectivity index (χ0) is 15.2. The standard InChI is InChI=1S/C14H20N2O4S/c1-9-5-13(19-2)14(6-12(9)15)21(17,18)16-7-10-3-4-11(8-16)20-10/h5-6,10-11H,3-4,7-8,15H2,1-2H3. The van der Waals surface area contributed by atoms with Crippen LogP contribution in [0.15, 0.2) is 17.0 Å². The van der Waals surface area contributed by atoms with Crippen LogP contribution in [0, 0.1) is 6.92 Å². The highest BCUT2D eigenvalue weighted by molar-refractivity contribution is 7.89. The third-order valence-electron chi connectivity index (χ3n) is 4.18. The maximum absolute atomic E-state index is 12.9. The van der Waals surface area contributed by atoms with Gasteiger partial charge in [-0.05, 0) is 37.5 Å². The molecule has 2 aliphatic heterocycles. The van der Waals surface area contributed by atoms with Gasteiger partial charge in [-0.3, -0.25) is 0 Å². The average Bonchev–Trinajstić information content (AvgIpc) is 2.79. The third kappa shape index (κ3) is 2.49. The molecule has 116 valence electrons. The number of fused-ring (bicyclic) bond motifs is 2. The highest BCUT2D eigenvalue weighted by atomic mass is 32.2. The lowest BCUT2D eigenvalue weighted by Crippen LogP contribution is -2.45. The quantitative estimate of drug-likeness (QED) is 0.846. The Kier molecular flexibility index (Phi) is 3.59. The molecular formula is C14H20N2O4S. The van der Waals surface area contributed by atoms with Crippen LogP contribution >= 0.6 is 0 Å². The molecule has 21 heavy (non-hydrogen) atoms. The van der Waals surface area contributed by atoms with E-state index in [0.717, 1.165) is 18.4 Å². The van der Waals surface area contributed by atoms with E-state index in [4.69, 9.17) is 15.2 Å². The van der Waals surface area contributed by atoms with Crippen molar-refractivity contribution >= 4 is 15.7 Å². The van der Waals surface area contributed by atoms with Gasteiger partial charge in [0.15, 0.2) is 0 Å². The molecule has 0 aliphatic carbocycles. The van der Waals surface area contributed by atoms with E-state index in [1.54, 1.807) is 6.07 Å². The molecule has 2 heterocycles. The summed E-state index contributed by atoms with van der Waals surface area (Å²) in [7, 11) is -2.16. The number of anilines is 1. The average molecular weight is 312 g/mol. The van der Waals surface area contributed by atoms with E-state index in [0.29, 0.717) is 24.5 Å². The van der Waals surface area contributed by atoms with Gasteiger partial charge in [0, 0.05) is 18.8 Å². The van der Waals surface area contributed by atoms with Gasteiger partial charge in [-0.25, -0.2) is 8.42 Å². The molecule has 0 radical (unpaired) electrons. The van der Waals surface area contributed by atoms with Crippen LogP contribution < -0.4 is 10.5 Å². The molecule has 7 heteroatoms. The predicted molar refractivity (Wildman–Crippen MR) is 78.8 cm³/mol. The number of nitrogens with two attached hydrogens (primary N) is 1. The minimum absolute atomic E-state index is 0.00677. The predicted octanol–water partition coefficient (Wildman–Crippen LogP) is 1.14. The molecule has 2 bridgehead atoms. The Bertz CT molecular complexity index is 647. The Morgan fingerprint density at radius 3 is 2.48 bits per heavy atom. The number of hydrogen-bond acceptors (Lipinski definition) is 5. The van der Waals surface area contributed by atoms with Crippen LogP contribution in [-0.4, -0.2) is 45.1 Å². The van der Waals surface area contributed by atoms with Crippen LogP contribution in [0.4, 0.5) is 5.69 Å². The Morgan fingerprint density at radius 1 is 1.29 bits per heavy atom. The molecule has 2 aliphatic rings. The number of ether oxygens (including phenoxy) is 2. The first-order valence-corrected chi connectivity index (χ1v) is 8.45. The molecule has 6 nitrogen and oxygen atoms in total. The van der Waals surface area contributed by atoms with E-state index < -0.39 is 10.0 Å². The molecule has 1 aromatic carbocycles. The molecule has 0 spiro atoms. The van der Waals surface area contributed by atoms with Gasteiger partial charge >= 0.3 is 0 Å². The summed E-state index contributed by atoms with van der Waals surface area (Å²) in [6, 6.07) is 3.15. The molecule has 2 atom stereocenters. The lowest BCUT2D eigenvalue weighted by Gasteiger charge is -2.31. The first-order valence-electron chi connectivity index (χ1n) is 7.01. The Morgan fingerprint density at radius 2 is 1.90 bits per heavy atom. The maximum Gasteiger partial charge on any atom is 0.247 e. The number of rotatable bonds is 3. The maximum atomic E-state index is 12.9. The molecule has 2 saturated heterocycles. The number of sulfonamides is 1. The van der Waals surface area contributed by atoms with E-state index >= 15 is 0 Å². The molecular weight excluding hydrogens is 292 g/mol. The molecule has 0 saturated carbocycles. The van der Waals surface area contributed by atoms with Crippen molar-refractivity contribution in [2.24, 2.45) is 0 Å². The fraction of sp³-hybridized carbons (Fsp3) is 0.571. The van der Waals surface area contributed by atoms with Crippen LogP contribution in [-0.2, 0) is 14.8 Å². The van der Waals surface area contributed by atoms with Crippen LogP contribution in [0.2, 0.25) is 0 Å². The lowest BCUT2D eigenvalue weighted by molar-refractivity contribution is -0.0114. The van der Waals surface area contributed by atoms with Crippen molar-refractivity contribution in [3.8, 4) is 5.75 Å². The van der Waals surface area contributed by atoms with Gasteiger partial charge in [0.25, 0.3) is 0 Å². The van der Waals surface area contributed by atoms with Gasteiger partial charge < -0.3 is 15.2 Å². The number of nitrogens with zero attached hydrogens (tertiary/aromatic N) is 1. The molecule has 3 rings (SSSR count). The van der Waals surface area contributed by atoms with Gasteiger partial charge in [0.05, 0.1) is 19.3 Å². The van der Waals surface area contributed by atoms with Gasteiger partial charge in [0.1, 0.15) is 10.6 Å². The highest BCUT2D eigenvalue weighted by Gasteiger charge is 2.40. The fourth-order valence-electron chi connectivity index (χ4n) is 2.95. The number of methoxy groups -OCH3 is 1. The smallest absolute Gasteiger partial charge is 0.247 e. The second kappa shape index (κ2) is 5.15. The molecule has 2 N–H and O–H groups in total. The minimum atomic E-state index is -3.62. The summed E-state index contributed by atoms with van der Waals surface area (Å²) in [4.78, 5) is 0.134. The highest BCUT2D eigenvalue weighted by Crippen LogP contribution is 2.34. The molecule has 2 unspecified atom stereocenters. The zero-order valence-corrected chi connectivity index (χ0v) is 13.0. The first-order chi connectivity index (χ1) is 9.91. The molecule has 0 amide bonds. The van der Waals surface area contributed by atoms with Gasteiger partial charge in [-0.1, -0.05) is 0 Å².